The highest BCUT2D eigenvalue weighted by Crippen LogP contribution is 2.37. The van der Waals surface area contributed by atoms with Gasteiger partial charge in [0.25, 0.3) is 0 Å². The third-order valence-corrected chi connectivity index (χ3v) is 5.52. The lowest BCUT2D eigenvalue weighted by Crippen LogP contribution is -2.18. The zero-order chi connectivity index (χ0) is 18.1. The number of nitrogens with zero attached hydrogens (tertiary/aromatic N) is 1. The molecule has 5 nitrogen and oxygen atoms in total. The minimum Gasteiger partial charge on any atom is -0.493 e. The maximum Gasteiger partial charge on any atom is 0.224 e. The summed E-state index contributed by atoms with van der Waals surface area (Å²) in [7, 11) is 3.25. The molecule has 0 fully saturated rings. The van der Waals surface area contributed by atoms with Gasteiger partial charge in [-0.15, -0.1) is 11.3 Å². The van der Waals surface area contributed by atoms with Gasteiger partial charge in [-0.05, 0) is 47.9 Å². The van der Waals surface area contributed by atoms with Gasteiger partial charge in [0.15, 0.2) is 11.5 Å². The van der Waals surface area contributed by atoms with Gasteiger partial charge >= 0.3 is 0 Å². The number of methoxy groups -OCH3 is 2. The van der Waals surface area contributed by atoms with Crippen LogP contribution in [0.4, 0.5) is 5.69 Å². The Morgan fingerprint density at radius 1 is 1.00 bits per heavy atom. The minimum atomic E-state index is 0.0822. The lowest BCUT2D eigenvalue weighted by atomic mass is 10.00. The molecule has 0 atom stereocenters. The topological polar surface area (TPSA) is 60.5 Å². The van der Waals surface area contributed by atoms with Gasteiger partial charge in [0, 0.05) is 23.9 Å². The molecule has 0 unspecified atom stereocenters. The summed E-state index contributed by atoms with van der Waals surface area (Å²) in [5.74, 6) is 1.47. The number of fused-ring (bicyclic) bond motifs is 1. The highest BCUT2D eigenvalue weighted by atomic mass is 32.1. The van der Waals surface area contributed by atoms with Crippen LogP contribution in [-0.4, -0.2) is 25.1 Å². The molecule has 0 saturated heterocycles. The van der Waals surface area contributed by atoms with E-state index in [1.807, 2.05) is 36.5 Å². The molecule has 2 heterocycles. The molecule has 0 saturated carbocycles. The van der Waals surface area contributed by atoms with E-state index in [4.69, 9.17) is 9.47 Å². The van der Waals surface area contributed by atoms with Gasteiger partial charge in [-0.25, -0.2) is 4.98 Å². The Morgan fingerprint density at radius 2 is 1.81 bits per heavy atom. The summed E-state index contributed by atoms with van der Waals surface area (Å²) >= 11 is 1.63. The van der Waals surface area contributed by atoms with E-state index in [0.29, 0.717) is 17.9 Å². The van der Waals surface area contributed by atoms with E-state index >= 15 is 0 Å². The van der Waals surface area contributed by atoms with Crippen molar-refractivity contribution in [3.05, 3.63) is 48.2 Å². The summed E-state index contributed by atoms with van der Waals surface area (Å²) in [5.41, 5.74) is 4.19. The van der Waals surface area contributed by atoms with Crippen molar-refractivity contribution >= 4 is 22.9 Å². The fourth-order valence-corrected chi connectivity index (χ4v) is 3.96. The Hall–Kier alpha value is -2.86. The first kappa shape index (κ1) is 16.6. The third kappa shape index (κ3) is 3.04. The molecular weight excluding hydrogens is 348 g/mol. The second kappa shape index (κ2) is 6.80. The van der Waals surface area contributed by atoms with Gasteiger partial charge in [-0.3, -0.25) is 4.79 Å². The largest absolute Gasteiger partial charge is 0.493 e. The van der Waals surface area contributed by atoms with Gasteiger partial charge < -0.3 is 14.8 Å². The van der Waals surface area contributed by atoms with Gasteiger partial charge in [-0.1, -0.05) is 6.07 Å². The fourth-order valence-electron chi connectivity index (χ4n) is 3.05. The number of aromatic nitrogens is 1. The van der Waals surface area contributed by atoms with Crippen molar-refractivity contribution in [2.45, 2.75) is 12.8 Å². The molecule has 1 aromatic heterocycles. The molecular formula is C20H18N2O3S. The SMILES string of the molecule is COc1ccc(-c2ncc(-c3ccc4c(c3)CCC(=O)N4)s2)cc1OC. The molecule has 6 heteroatoms. The maximum atomic E-state index is 11.5. The summed E-state index contributed by atoms with van der Waals surface area (Å²) in [6, 6.07) is 11.9. The monoisotopic (exact) mass is 366 g/mol. The molecule has 1 N–H and O–H groups in total. The first-order valence-electron chi connectivity index (χ1n) is 8.29. The van der Waals surface area contributed by atoms with Crippen LogP contribution in [0.15, 0.2) is 42.6 Å². The number of hydrogen-bond acceptors (Lipinski definition) is 5. The number of anilines is 1. The van der Waals surface area contributed by atoms with Crippen LogP contribution < -0.4 is 14.8 Å². The van der Waals surface area contributed by atoms with E-state index in [-0.39, 0.29) is 5.91 Å². The molecule has 0 radical (unpaired) electrons. The summed E-state index contributed by atoms with van der Waals surface area (Å²) in [6.45, 7) is 0. The number of benzene rings is 2. The number of carbonyl (C=O) groups excluding carboxylic acids is 1. The van der Waals surface area contributed by atoms with Crippen molar-refractivity contribution in [3.8, 4) is 32.5 Å². The van der Waals surface area contributed by atoms with Crippen molar-refractivity contribution < 1.29 is 14.3 Å². The Labute approximate surface area is 155 Å². The number of carbonyl (C=O) groups is 1. The number of rotatable bonds is 4. The van der Waals surface area contributed by atoms with Crippen LogP contribution in [0, 0.1) is 0 Å². The van der Waals surface area contributed by atoms with Crippen molar-refractivity contribution in [1.29, 1.82) is 0 Å². The smallest absolute Gasteiger partial charge is 0.224 e. The van der Waals surface area contributed by atoms with E-state index in [1.165, 1.54) is 5.56 Å². The Kier molecular flexibility index (Phi) is 4.34. The van der Waals surface area contributed by atoms with Crippen LogP contribution >= 0.6 is 11.3 Å². The molecule has 3 aromatic rings. The number of thiazole rings is 1. The van der Waals surface area contributed by atoms with E-state index in [0.717, 1.165) is 33.1 Å². The number of hydrogen-bond donors (Lipinski definition) is 1. The maximum absolute atomic E-state index is 11.5. The molecule has 0 spiro atoms. The van der Waals surface area contributed by atoms with E-state index in [9.17, 15) is 4.79 Å². The summed E-state index contributed by atoms with van der Waals surface area (Å²) in [4.78, 5) is 17.2. The molecule has 132 valence electrons. The molecule has 2 aromatic carbocycles. The number of amides is 1. The van der Waals surface area contributed by atoms with Crippen molar-refractivity contribution in [2.75, 3.05) is 19.5 Å². The van der Waals surface area contributed by atoms with Crippen LogP contribution in [0.25, 0.3) is 21.0 Å². The van der Waals surface area contributed by atoms with Crippen LogP contribution in [-0.2, 0) is 11.2 Å². The molecule has 1 aliphatic rings. The summed E-state index contributed by atoms with van der Waals surface area (Å²) < 4.78 is 10.7. The van der Waals surface area contributed by atoms with Crippen LogP contribution in [0.2, 0.25) is 0 Å². The van der Waals surface area contributed by atoms with E-state index < -0.39 is 0 Å². The average Bonchev–Trinajstić information content (AvgIpc) is 3.17. The second-order valence-corrected chi connectivity index (χ2v) is 7.05. The van der Waals surface area contributed by atoms with E-state index in [2.05, 4.69) is 16.4 Å². The van der Waals surface area contributed by atoms with Crippen LogP contribution in [0.3, 0.4) is 0 Å². The first-order valence-corrected chi connectivity index (χ1v) is 9.11. The van der Waals surface area contributed by atoms with Crippen LogP contribution in [0.5, 0.6) is 11.5 Å². The predicted octanol–water partition coefficient (Wildman–Crippen LogP) is 4.38. The molecule has 4 rings (SSSR count). The third-order valence-electron chi connectivity index (χ3n) is 4.42. The standard InChI is InChI=1S/C20H18N2O3S/c1-24-16-7-4-14(10-17(16)25-2)20-21-11-18(26-20)13-3-6-15-12(9-13)5-8-19(23)22-15/h3-4,6-7,9-11H,5,8H2,1-2H3,(H,22,23). The first-order chi connectivity index (χ1) is 12.7. The molecule has 0 bridgehead atoms. The Balaban J connectivity index is 1.65. The highest BCUT2D eigenvalue weighted by molar-refractivity contribution is 7.18. The molecule has 1 amide bonds. The lowest BCUT2D eigenvalue weighted by Gasteiger charge is -2.17. The second-order valence-electron chi connectivity index (χ2n) is 6.02. The van der Waals surface area contributed by atoms with Gasteiger partial charge in [0.2, 0.25) is 5.91 Å². The van der Waals surface area contributed by atoms with Crippen molar-refractivity contribution in [3.63, 3.8) is 0 Å². The Morgan fingerprint density at radius 3 is 2.62 bits per heavy atom. The predicted molar refractivity (Wildman–Crippen MR) is 103 cm³/mol. The molecule has 0 aliphatic carbocycles. The van der Waals surface area contributed by atoms with Crippen LogP contribution in [0.1, 0.15) is 12.0 Å². The molecule has 26 heavy (non-hydrogen) atoms. The van der Waals surface area contributed by atoms with Gasteiger partial charge in [0.05, 0.1) is 19.1 Å². The highest BCUT2D eigenvalue weighted by Gasteiger charge is 2.16. The fraction of sp³-hybridized carbons (Fsp3) is 0.200. The number of aryl methyl sites for hydroxylation is 1. The summed E-state index contributed by atoms with van der Waals surface area (Å²) in [5, 5.41) is 3.84. The normalized spacial score (nSPS) is 13.1. The lowest BCUT2D eigenvalue weighted by molar-refractivity contribution is -0.116. The van der Waals surface area contributed by atoms with Gasteiger partial charge in [0.1, 0.15) is 5.01 Å². The van der Waals surface area contributed by atoms with Crippen molar-refractivity contribution in [1.82, 2.24) is 4.98 Å². The zero-order valence-electron chi connectivity index (χ0n) is 14.5. The van der Waals surface area contributed by atoms with Gasteiger partial charge in [-0.2, -0.15) is 0 Å². The minimum absolute atomic E-state index is 0.0822. The zero-order valence-corrected chi connectivity index (χ0v) is 15.4. The number of ether oxygens (including phenoxy) is 2. The quantitative estimate of drug-likeness (QED) is 0.744. The molecule has 1 aliphatic heterocycles. The number of nitrogens with one attached hydrogen (secondary N) is 1. The van der Waals surface area contributed by atoms with Crippen molar-refractivity contribution in [2.24, 2.45) is 0 Å². The summed E-state index contributed by atoms with van der Waals surface area (Å²) in [6.07, 6.45) is 3.20. The van der Waals surface area contributed by atoms with E-state index in [1.54, 1.807) is 25.6 Å². The Bertz CT molecular complexity index is 981. The average molecular weight is 366 g/mol.